The molecule has 2 rings (SSSR count). The minimum atomic E-state index is -0.980. The van der Waals surface area contributed by atoms with Gasteiger partial charge in [-0.3, -0.25) is 0 Å². The molecule has 1 aromatic carbocycles. The van der Waals surface area contributed by atoms with E-state index in [1.165, 1.54) is 12.1 Å². The van der Waals surface area contributed by atoms with Gasteiger partial charge >= 0.3 is 5.97 Å². The predicted octanol–water partition coefficient (Wildman–Crippen LogP) is 1.28. The van der Waals surface area contributed by atoms with Gasteiger partial charge in [-0.2, -0.15) is 5.26 Å². The first-order valence-electron chi connectivity index (χ1n) is 6.61. The molecule has 0 atom stereocenters. The summed E-state index contributed by atoms with van der Waals surface area (Å²) in [6.45, 7) is 0.460. The van der Waals surface area contributed by atoms with Crippen molar-refractivity contribution < 1.29 is 11.3 Å². The zero-order valence-corrected chi connectivity index (χ0v) is 11.0. The molecule has 7 nitrogen and oxygen atoms in total. The highest BCUT2D eigenvalue weighted by Crippen LogP contribution is 2.10. The number of nitrogens with zero attached hydrogens (tertiary/aromatic N) is 3. The SMILES string of the molecule is [2H]c1nc(N)c(C#N)nc1CCNc1ccc(C(=O)O)cc1. The average molecular weight is 284 g/mol. The van der Waals surface area contributed by atoms with Crippen LogP contribution >= 0.6 is 0 Å². The number of hydrogen-bond donors (Lipinski definition) is 3. The van der Waals surface area contributed by atoms with Crippen LogP contribution in [0, 0.1) is 11.3 Å². The summed E-state index contributed by atoms with van der Waals surface area (Å²) in [5.41, 5.74) is 6.83. The van der Waals surface area contributed by atoms with E-state index in [1.807, 2.05) is 6.07 Å². The second kappa shape index (κ2) is 6.34. The van der Waals surface area contributed by atoms with E-state index >= 15 is 0 Å². The Hall–Kier alpha value is -3.14. The molecule has 0 aliphatic heterocycles. The number of carbonyl (C=O) groups is 1. The Morgan fingerprint density at radius 3 is 2.81 bits per heavy atom. The van der Waals surface area contributed by atoms with Crippen molar-refractivity contribution in [3.8, 4) is 6.07 Å². The van der Waals surface area contributed by atoms with Crippen LogP contribution in [-0.2, 0) is 6.42 Å². The molecular weight excluding hydrogens is 270 g/mol. The zero-order chi connectivity index (χ0) is 16.1. The van der Waals surface area contributed by atoms with Crippen molar-refractivity contribution in [3.63, 3.8) is 0 Å². The van der Waals surface area contributed by atoms with Crippen LogP contribution < -0.4 is 11.1 Å². The molecule has 0 aliphatic rings. The van der Waals surface area contributed by atoms with E-state index in [2.05, 4.69) is 15.3 Å². The van der Waals surface area contributed by atoms with Crippen molar-refractivity contribution in [2.24, 2.45) is 0 Å². The summed E-state index contributed by atoms with van der Waals surface area (Å²) in [4.78, 5) is 18.5. The van der Waals surface area contributed by atoms with Crippen LogP contribution in [0.4, 0.5) is 11.5 Å². The van der Waals surface area contributed by atoms with Gasteiger partial charge in [0.2, 0.25) is 0 Å². The fraction of sp³-hybridized carbons (Fsp3) is 0.143. The number of nitrogens with one attached hydrogen (secondary N) is 1. The molecule has 7 heteroatoms. The number of hydrogen-bond acceptors (Lipinski definition) is 6. The fourth-order valence-corrected chi connectivity index (χ4v) is 1.64. The Morgan fingerprint density at radius 1 is 1.48 bits per heavy atom. The first-order chi connectivity index (χ1) is 10.5. The molecule has 0 fully saturated rings. The van der Waals surface area contributed by atoms with Gasteiger partial charge in [-0.15, -0.1) is 0 Å². The Labute approximate surface area is 122 Å². The average Bonchev–Trinajstić information content (AvgIpc) is 2.50. The monoisotopic (exact) mass is 284 g/mol. The predicted molar refractivity (Wildman–Crippen MR) is 76.8 cm³/mol. The van der Waals surface area contributed by atoms with Gasteiger partial charge in [0.05, 0.1) is 18.8 Å². The lowest BCUT2D eigenvalue weighted by Crippen LogP contribution is -2.08. The van der Waals surface area contributed by atoms with Crippen LogP contribution in [-0.4, -0.2) is 27.6 Å². The third-order valence-electron chi connectivity index (χ3n) is 2.72. The van der Waals surface area contributed by atoms with Gasteiger partial charge in [-0.25, -0.2) is 14.8 Å². The molecule has 1 heterocycles. The Morgan fingerprint density at radius 2 is 2.19 bits per heavy atom. The van der Waals surface area contributed by atoms with Gasteiger partial charge in [0.15, 0.2) is 11.5 Å². The van der Waals surface area contributed by atoms with Gasteiger partial charge in [-0.1, -0.05) is 0 Å². The van der Waals surface area contributed by atoms with Crippen LogP contribution in [0.1, 0.15) is 23.1 Å². The maximum absolute atomic E-state index is 10.7. The summed E-state index contributed by atoms with van der Waals surface area (Å²) >= 11 is 0. The van der Waals surface area contributed by atoms with Crippen LogP contribution in [0.5, 0.6) is 0 Å². The highest BCUT2D eigenvalue weighted by molar-refractivity contribution is 5.87. The van der Waals surface area contributed by atoms with Gasteiger partial charge in [0.1, 0.15) is 6.07 Å². The summed E-state index contributed by atoms with van der Waals surface area (Å²) in [7, 11) is 0. The highest BCUT2D eigenvalue weighted by Gasteiger charge is 2.04. The van der Waals surface area contributed by atoms with Gasteiger partial charge in [-0.05, 0) is 24.3 Å². The van der Waals surface area contributed by atoms with E-state index < -0.39 is 5.97 Å². The molecule has 0 saturated carbocycles. The quantitative estimate of drug-likeness (QED) is 0.755. The van der Waals surface area contributed by atoms with Gasteiger partial charge < -0.3 is 16.2 Å². The molecule has 0 amide bonds. The van der Waals surface area contributed by atoms with Crippen molar-refractivity contribution in [1.29, 1.82) is 5.26 Å². The number of nitriles is 1. The highest BCUT2D eigenvalue weighted by atomic mass is 16.4. The molecule has 2 aromatic rings. The van der Waals surface area contributed by atoms with E-state index in [1.54, 1.807) is 12.1 Å². The summed E-state index contributed by atoms with van der Waals surface area (Å²) in [5.74, 6) is -1.03. The number of carboxylic acid groups (broad SMARTS) is 1. The first-order valence-corrected chi connectivity index (χ1v) is 6.11. The zero-order valence-electron chi connectivity index (χ0n) is 12.0. The normalized spacial score (nSPS) is 10.5. The largest absolute Gasteiger partial charge is 0.478 e. The molecule has 1 aromatic heterocycles. The molecule has 0 aliphatic carbocycles. The molecule has 0 bridgehead atoms. The van der Waals surface area contributed by atoms with Crippen molar-refractivity contribution in [2.45, 2.75) is 6.42 Å². The molecule has 0 saturated heterocycles. The number of aromatic nitrogens is 2. The summed E-state index contributed by atoms with van der Waals surface area (Å²) in [6.07, 6.45) is 0.334. The molecular formula is C14H13N5O2. The summed E-state index contributed by atoms with van der Waals surface area (Å²) in [6, 6.07) is 8.13. The topological polar surface area (TPSA) is 125 Å². The Bertz CT molecular complexity index is 740. The van der Waals surface area contributed by atoms with E-state index in [9.17, 15) is 4.79 Å². The van der Waals surface area contributed by atoms with E-state index in [0.29, 0.717) is 18.7 Å². The molecule has 0 unspecified atom stereocenters. The lowest BCUT2D eigenvalue weighted by atomic mass is 10.2. The lowest BCUT2D eigenvalue weighted by molar-refractivity contribution is 0.0697. The number of nitrogen functional groups attached to an aromatic ring is 1. The number of carboxylic acids is 1. The molecule has 21 heavy (non-hydrogen) atoms. The molecule has 0 spiro atoms. The number of anilines is 2. The number of rotatable bonds is 5. The maximum atomic E-state index is 10.7. The fourth-order valence-electron chi connectivity index (χ4n) is 1.64. The Balaban J connectivity index is 1.99. The third-order valence-corrected chi connectivity index (χ3v) is 2.72. The lowest BCUT2D eigenvalue weighted by Gasteiger charge is -2.06. The summed E-state index contributed by atoms with van der Waals surface area (Å²) in [5, 5.41) is 20.7. The molecule has 4 N–H and O–H groups in total. The van der Waals surface area contributed by atoms with E-state index in [0.717, 1.165) is 5.69 Å². The first kappa shape index (κ1) is 12.9. The van der Waals surface area contributed by atoms with Crippen molar-refractivity contribution in [3.05, 3.63) is 47.4 Å². The second-order valence-electron chi connectivity index (χ2n) is 4.19. The van der Waals surface area contributed by atoms with Crippen molar-refractivity contribution in [2.75, 3.05) is 17.6 Å². The van der Waals surface area contributed by atoms with Crippen molar-refractivity contribution in [1.82, 2.24) is 9.97 Å². The van der Waals surface area contributed by atoms with Crippen molar-refractivity contribution >= 4 is 17.5 Å². The van der Waals surface area contributed by atoms with Crippen LogP contribution in [0.2, 0.25) is 0 Å². The minimum absolute atomic E-state index is 0.0109. The van der Waals surface area contributed by atoms with Gasteiger partial charge in [0.25, 0.3) is 0 Å². The molecule has 0 radical (unpaired) electrons. The van der Waals surface area contributed by atoms with Crippen LogP contribution in [0.15, 0.2) is 30.4 Å². The maximum Gasteiger partial charge on any atom is 0.335 e. The number of nitrogens with two attached hydrogens (primary N) is 1. The van der Waals surface area contributed by atoms with Crippen LogP contribution in [0.3, 0.4) is 0 Å². The second-order valence-corrected chi connectivity index (χ2v) is 4.19. The minimum Gasteiger partial charge on any atom is -0.478 e. The van der Waals surface area contributed by atoms with E-state index in [-0.39, 0.29) is 23.2 Å². The number of aromatic carboxylic acids is 1. The van der Waals surface area contributed by atoms with Crippen LogP contribution in [0.25, 0.3) is 0 Å². The number of benzene rings is 1. The van der Waals surface area contributed by atoms with Gasteiger partial charge in [0, 0.05) is 18.7 Å². The summed E-state index contributed by atoms with van der Waals surface area (Å²) < 4.78 is 7.69. The molecule has 106 valence electrons. The smallest absolute Gasteiger partial charge is 0.335 e. The third kappa shape index (κ3) is 3.67. The standard InChI is InChI=1S/C14H13N5O2/c15-7-12-13(16)18-8-11(19-12)5-6-17-10-3-1-9(2-4-10)14(20)21/h1-4,8,17H,5-6H2,(H2,16,18)(H,20,21)/i8D. The Kier molecular flexibility index (Phi) is 3.89. The van der Waals surface area contributed by atoms with E-state index in [4.69, 9.17) is 17.5 Å².